The Morgan fingerprint density at radius 2 is 0.930 bits per heavy atom. The largest absolute Gasteiger partial charge is 0.456 e. The second-order valence-corrected chi connectivity index (χ2v) is 14.4. The van der Waals surface area contributed by atoms with Crippen LogP contribution in [0.3, 0.4) is 0 Å². The number of nitrogens with zero attached hydrogens (tertiary/aromatic N) is 4. The average Bonchev–Trinajstić information content (AvgIpc) is 3.96. The number of aromatic nitrogens is 4. The molecule has 266 valence electrons. The Balaban J connectivity index is 1.16. The third-order valence-electron chi connectivity index (χ3n) is 11.1. The lowest BCUT2D eigenvalue weighted by atomic mass is 10.0. The van der Waals surface area contributed by atoms with Crippen LogP contribution >= 0.6 is 0 Å². The van der Waals surface area contributed by atoms with Crippen LogP contribution in [0.5, 0.6) is 0 Å². The smallest absolute Gasteiger partial charge is 0.167 e. The highest BCUT2D eigenvalue weighted by molar-refractivity contribution is 6.24. The molecule has 0 radical (unpaired) electrons. The van der Waals surface area contributed by atoms with Crippen LogP contribution in [0.4, 0.5) is 0 Å². The summed E-state index contributed by atoms with van der Waals surface area (Å²) in [6.45, 7) is 0. The molecule has 0 spiro atoms. The second-order valence-electron chi connectivity index (χ2n) is 14.4. The van der Waals surface area contributed by atoms with Crippen LogP contribution in [0.15, 0.2) is 191 Å². The molecule has 57 heavy (non-hydrogen) atoms. The van der Waals surface area contributed by atoms with Crippen LogP contribution in [-0.4, -0.2) is 19.5 Å². The zero-order chi connectivity index (χ0) is 37.5. The molecule has 0 bridgehead atoms. The van der Waals surface area contributed by atoms with Crippen molar-refractivity contribution in [3.63, 3.8) is 0 Å². The van der Waals surface area contributed by atoms with Crippen molar-refractivity contribution in [1.82, 2.24) is 19.5 Å². The number of rotatable bonds is 5. The Hall–Kier alpha value is -7.83. The highest BCUT2D eigenvalue weighted by Crippen LogP contribution is 2.43. The summed E-state index contributed by atoms with van der Waals surface area (Å²) >= 11 is 0. The lowest BCUT2D eigenvalue weighted by Crippen LogP contribution is -2.01. The summed E-state index contributed by atoms with van der Waals surface area (Å²) in [5.74, 6) is 1.69. The lowest BCUT2D eigenvalue weighted by Gasteiger charge is -2.13. The molecule has 0 N–H and O–H groups in total. The summed E-state index contributed by atoms with van der Waals surface area (Å²) in [4.78, 5) is 15.5. The molecule has 8 aromatic carbocycles. The summed E-state index contributed by atoms with van der Waals surface area (Å²) < 4.78 is 15.5. The fraction of sp³-hybridized carbons (Fsp3) is 0. The molecule has 12 aromatic rings. The first-order chi connectivity index (χ1) is 28.2. The van der Waals surface area contributed by atoms with Gasteiger partial charge in [0.25, 0.3) is 0 Å². The van der Waals surface area contributed by atoms with Crippen molar-refractivity contribution < 1.29 is 8.83 Å². The minimum Gasteiger partial charge on any atom is -0.456 e. The molecule has 4 heterocycles. The molecule has 0 aliphatic rings. The van der Waals surface area contributed by atoms with Crippen LogP contribution in [0.2, 0.25) is 0 Å². The average molecular weight is 731 g/mol. The molecule has 6 nitrogen and oxygen atoms in total. The van der Waals surface area contributed by atoms with Gasteiger partial charge < -0.3 is 13.4 Å². The molecular weight excluding hydrogens is 701 g/mol. The van der Waals surface area contributed by atoms with Gasteiger partial charge >= 0.3 is 0 Å². The number of fused-ring (bicyclic) bond motifs is 10. The van der Waals surface area contributed by atoms with Gasteiger partial charge in [0, 0.05) is 43.7 Å². The van der Waals surface area contributed by atoms with Gasteiger partial charge in [-0.25, -0.2) is 15.0 Å². The van der Waals surface area contributed by atoms with Gasteiger partial charge in [-0.3, -0.25) is 0 Å². The number of furan rings is 2. The van der Waals surface area contributed by atoms with E-state index in [1.807, 2.05) is 60.7 Å². The summed E-state index contributed by atoms with van der Waals surface area (Å²) in [5, 5.41) is 6.45. The van der Waals surface area contributed by atoms with Crippen molar-refractivity contribution in [2.24, 2.45) is 0 Å². The molecule has 0 fully saturated rings. The summed E-state index contributed by atoms with van der Waals surface area (Å²) in [5.41, 5.74) is 11.2. The molecule has 0 unspecified atom stereocenters. The number of hydrogen-bond donors (Lipinski definition) is 0. The van der Waals surface area contributed by atoms with E-state index in [1.54, 1.807) is 0 Å². The van der Waals surface area contributed by atoms with E-state index in [4.69, 9.17) is 23.8 Å². The molecule has 0 aliphatic heterocycles. The van der Waals surface area contributed by atoms with Crippen molar-refractivity contribution in [2.75, 3.05) is 0 Å². The van der Waals surface area contributed by atoms with Crippen molar-refractivity contribution in [3.8, 4) is 51.0 Å². The van der Waals surface area contributed by atoms with E-state index in [-0.39, 0.29) is 0 Å². The van der Waals surface area contributed by atoms with E-state index in [1.165, 1.54) is 0 Å². The quantitative estimate of drug-likeness (QED) is 0.176. The van der Waals surface area contributed by atoms with E-state index in [0.29, 0.717) is 17.5 Å². The predicted octanol–water partition coefficient (Wildman–Crippen LogP) is 13.4. The van der Waals surface area contributed by atoms with Gasteiger partial charge in [0.2, 0.25) is 0 Å². The van der Waals surface area contributed by atoms with Gasteiger partial charge in [0.1, 0.15) is 22.3 Å². The molecule has 0 amide bonds. The Labute approximate surface area is 325 Å². The lowest BCUT2D eigenvalue weighted by molar-refractivity contribution is 0.668. The molecule has 0 saturated heterocycles. The van der Waals surface area contributed by atoms with Gasteiger partial charge in [-0.1, -0.05) is 140 Å². The number of para-hydroxylation sites is 3. The number of hydrogen-bond acceptors (Lipinski definition) is 5. The molecule has 12 rings (SSSR count). The highest BCUT2D eigenvalue weighted by Gasteiger charge is 2.23. The van der Waals surface area contributed by atoms with Crippen LogP contribution in [0.25, 0.3) is 117 Å². The number of benzene rings is 8. The highest BCUT2D eigenvalue weighted by atomic mass is 16.3. The maximum atomic E-state index is 6.73. The SMILES string of the molecule is c1ccc(-c2ccc(-c3nc(-c4ccccc4)nc(-c4cc(-n5c6ccccc6c6ccc7oc8ccccc8c7c65)cc5c4oc4ccccc45)n3)cc2)cc1. The van der Waals surface area contributed by atoms with Crippen LogP contribution in [0.1, 0.15) is 0 Å². The molecule has 4 aromatic heterocycles. The minimum absolute atomic E-state index is 0.525. The van der Waals surface area contributed by atoms with Gasteiger partial charge in [-0.05, 0) is 53.6 Å². The molecule has 0 aliphatic carbocycles. The van der Waals surface area contributed by atoms with E-state index in [9.17, 15) is 0 Å². The van der Waals surface area contributed by atoms with E-state index >= 15 is 0 Å². The Kier molecular flexibility index (Phi) is 6.83. The maximum absolute atomic E-state index is 6.73. The molecular formula is C51H30N4O2. The van der Waals surface area contributed by atoms with Gasteiger partial charge in [0.05, 0.1) is 22.0 Å². The zero-order valence-electron chi connectivity index (χ0n) is 30.4. The van der Waals surface area contributed by atoms with Crippen molar-refractivity contribution >= 4 is 65.7 Å². The Morgan fingerprint density at radius 3 is 1.68 bits per heavy atom. The van der Waals surface area contributed by atoms with Crippen molar-refractivity contribution in [1.29, 1.82) is 0 Å². The van der Waals surface area contributed by atoms with Gasteiger partial charge in [-0.2, -0.15) is 0 Å². The fourth-order valence-electron chi connectivity index (χ4n) is 8.42. The van der Waals surface area contributed by atoms with Crippen LogP contribution in [-0.2, 0) is 0 Å². The monoisotopic (exact) mass is 730 g/mol. The fourth-order valence-corrected chi connectivity index (χ4v) is 8.42. The standard InChI is InChI=1S/C51H30N4O2/c1-3-13-31(14-4-1)32-23-25-34(26-24-32)50-52-49(33-15-5-2-6-16-33)53-51(54-50)41-30-35(29-40-37-18-8-11-21-43(37)57-48(40)41)55-42-20-10-7-17-36(42)38-27-28-45-46(47(38)55)39-19-9-12-22-44(39)56-45/h1-30H. The Bertz CT molecular complexity index is 3510. The van der Waals surface area contributed by atoms with Crippen molar-refractivity contribution in [2.45, 2.75) is 0 Å². The third kappa shape index (κ3) is 4.94. The van der Waals surface area contributed by atoms with Gasteiger partial charge in [0.15, 0.2) is 17.5 Å². The van der Waals surface area contributed by atoms with Crippen LogP contribution in [0, 0.1) is 0 Å². The summed E-state index contributed by atoms with van der Waals surface area (Å²) in [7, 11) is 0. The molecule has 0 atom stereocenters. The first kappa shape index (κ1) is 31.5. The minimum atomic E-state index is 0.525. The normalized spacial score (nSPS) is 11.9. The van der Waals surface area contributed by atoms with Crippen LogP contribution < -0.4 is 0 Å². The second kappa shape index (κ2) is 12.3. The van der Waals surface area contributed by atoms with E-state index in [2.05, 4.69) is 126 Å². The zero-order valence-corrected chi connectivity index (χ0v) is 30.4. The summed E-state index contributed by atoms with van der Waals surface area (Å²) in [6, 6.07) is 62.6. The van der Waals surface area contributed by atoms with E-state index in [0.717, 1.165) is 99.2 Å². The first-order valence-corrected chi connectivity index (χ1v) is 19.0. The topological polar surface area (TPSA) is 69.9 Å². The first-order valence-electron chi connectivity index (χ1n) is 19.0. The maximum Gasteiger partial charge on any atom is 0.167 e. The molecule has 6 heteroatoms. The predicted molar refractivity (Wildman–Crippen MR) is 230 cm³/mol. The molecule has 0 saturated carbocycles. The Morgan fingerprint density at radius 1 is 0.368 bits per heavy atom. The third-order valence-corrected chi connectivity index (χ3v) is 11.1. The van der Waals surface area contributed by atoms with E-state index < -0.39 is 0 Å². The van der Waals surface area contributed by atoms with Crippen molar-refractivity contribution in [3.05, 3.63) is 182 Å². The summed E-state index contributed by atoms with van der Waals surface area (Å²) in [6.07, 6.45) is 0. The van der Waals surface area contributed by atoms with Gasteiger partial charge in [-0.15, -0.1) is 0 Å².